The molecule has 0 amide bonds. The number of hydrogen-bond acceptors (Lipinski definition) is 6. The molecule has 0 fully saturated rings. The SMILES string of the molecule is NNc1cc(Sc2ccc(Cl)cn2)cc([N+](=O)[O-])c1. The monoisotopic (exact) mass is 296 g/mol. The van der Waals surface area contributed by atoms with Crippen molar-refractivity contribution in [2.24, 2.45) is 5.84 Å². The van der Waals surface area contributed by atoms with E-state index in [4.69, 9.17) is 17.4 Å². The second-order valence-electron chi connectivity index (χ2n) is 3.53. The molecule has 19 heavy (non-hydrogen) atoms. The van der Waals surface area contributed by atoms with Crippen molar-refractivity contribution < 1.29 is 4.92 Å². The first-order valence-corrected chi connectivity index (χ1v) is 6.33. The second-order valence-corrected chi connectivity index (χ2v) is 5.06. The number of nitro groups is 1. The molecule has 1 heterocycles. The van der Waals surface area contributed by atoms with Crippen LogP contribution < -0.4 is 11.3 Å². The van der Waals surface area contributed by atoms with Gasteiger partial charge in [0.2, 0.25) is 0 Å². The fourth-order valence-electron chi connectivity index (χ4n) is 1.37. The third kappa shape index (κ3) is 3.57. The summed E-state index contributed by atoms with van der Waals surface area (Å²) >= 11 is 7.03. The van der Waals surface area contributed by atoms with Gasteiger partial charge in [-0.2, -0.15) is 0 Å². The summed E-state index contributed by atoms with van der Waals surface area (Å²) in [5.41, 5.74) is 2.83. The lowest BCUT2D eigenvalue weighted by atomic mass is 10.3. The molecule has 0 aliphatic carbocycles. The number of rotatable bonds is 4. The highest BCUT2D eigenvalue weighted by molar-refractivity contribution is 7.99. The standard InChI is InChI=1S/C11H9ClN4O2S/c12-7-1-2-11(14-6-7)19-10-4-8(15-13)3-9(5-10)16(17)18/h1-6,15H,13H2. The summed E-state index contributed by atoms with van der Waals surface area (Å²) in [6.07, 6.45) is 1.52. The van der Waals surface area contributed by atoms with Gasteiger partial charge in [0.05, 0.1) is 15.6 Å². The summed E-state index contributed by atoms with van der Waals surface area (Å²) in [6, 6.07) is 7.97. The van der Waals surface area contributed by atoms with Gasteiger partial charge in [0.25, 0.3) is 5.69 Å². The molecule has 3 N–H and O–H groups in total. The average molecular weight is 297 g/mol. The molecule has 0 aliphatic rings. The highest BCUT2D eigenvalue weighted by Gasteiger charge is 2.10. The van der Waals surface area contributed by atoms with E-state index < -0.39 is 4.92 Å². The summed E-state index contributed by atoms with van der Waals surface area (Å²) in [5, 5.41) is 12.0. The van der Waals surface area contributed by atoms with Crippen molar-refractivity contribution in [1.29, 1.82) is 0 Å². The summed E-state index contributed by atoms with van der Waals surface area (Å²) in [4.78, 5) is 15.1. The van der Waals surface area contributed by atoms with Crippen LogP contribution in [0.5, 0.6) is 0 Å². The lowest BCUT2D eigenvalue weighted by Crippen LogP contribution is -2.07. The van der Waals surface area contributed by atoms with Crippen LogP contribution in [0.4, 0.5) is 11.4 Å². The van der Waals surface area contributed by atoms with Gasteiger partial charge in [-0.3, -0.25) is 16.0 Å². The van der Waals surface area contributed by atoms with E-state index in [2.05, 4.69) is 10.4 Å². The number of pyridine rings is 1. The van der Waals surface area contributed by atoms with Gasteiger partial charge in [-0.1, -0.05) is 23.4 Å². The van der Waals surface area contributed by atoms with Crippen LogP contribution in [0.1, 0.15) is 0 Å². The predicted octanol–water partition coefficient (Wildman–Crippen LogP) is 3.08. The number of nitrogens with two attached hydrogens (primary N) is 1. The topological polar surface area (TPSA) is 94.1 Å². The molecular weight excluding hydrogens is 288 g/mol. The van der Waals surface area contributed by atoms with Gasteiger partial charge in [0.15, 0.2) is 0 Å². The summed E-state index contributed by atoms with van der Waals surface area (Å²) < 4.78 is 0. The molecule has 0 aliphatic heterocycles. The Hall–Kier alpha value is -1.83. The third-order valence-electron chi connectivity index (χ3n) is 2.19. The maximum absolute atomic E-state index is 10.8. The van der Waals surface area contributed by atoms with E-state index in [1.807, 2.05) is 0 Å². The normalized spacial score (nSPS) is 10.2. The van der Waals surface area contributed by atoms with Crippen molar-refractivity contribution >= 4 is 34.7 Å². The molecule has 0 atom stereocenters. The quantitative estimate of drug-likeness (QED) is 0.511. The molecule has 6 nitrogen and oxygen atoms in total. The molecule has 0 saturated carbocycles. The Kier molecular flexibility index (Phi) is 4.20. The molecular formula is C11H9ClN4O2S. The van der Waals surface area contributed by atoms with Gasteiger partial charge in [0.1, 0.15) is 5.03 Å². The zero-order chi connectivity index (χ0) is 13.8. The van der Waals surface area contributed by atoms with Crippen molar-refractivity contribution in [3.05, 3.63) is 51.7 Å². The molecule has 1 aromatic heterocycles. The van der Waals surface area contributed by atoms with Crippen LogP contribution in [0.2, 0.25) is 5.02 Å². The molecule has 2 aromatic rings. The largest absolute Gasteiger partial charge is 0.324 e. The molecule has 2 rings (SSSR count). The molecule has 98 valence electrons. The van der Waals surface area contributed by atoms with E-state index >= 15 is 0 Å². The number of benzene rings is 1. The fraction of sp³-hybridized carbons (Fsp3) is 0. The van der Waals surface area contributed by atoms with Gasteiger partial charge < -0.3 is 5.43 Å². The molecule has 0 bridgehead atoms. The Balaban J connectivity index is 2.31. The van der Waals surface area contributed by atoms with Crippen LogP contribution in [0.3, 0.4) is 0 Å². The number of non-ortho nitro benzene ring substituents is 1. The number of anilines is 1. The number of hydrazine groups is 1. The number of aromatic nitrogens is 1. The van der Waals surface area contributed by atoms with E-state index in [9.17, 15) is 10.1 Å². The van der Waals surface area contributed by atoms with E-state index in [1.165, 1.54) is 30.1 Å². The summed E-state index contributed by atoms with van der Waals surface area (Å²) in [7, 11) is 0. The maximum atomic E-state index is 10.8. The Bertz CT molecular complexity index is 606. The van der Waals surface area contributed by atoms with Gasteiger partial charge in [-0.05, 0) is 18.2 Å². The van der Waals surface area contributed by atoms with Gasteiger partial charge in [0, 0.05) is 23.2 Å². The lowest BCUT2D eigenvalue weighted by molar-refractivity contribution is -0.385. The van der Waals surface area contributed by atoms with Gasteiger partial charge in [-0.15, -0.1) is 0 Å². The zero-order valence-corrected chi connectivity index (χ0v) is 11.1. The van der Waals surface area contributed by atoms with E-state index in [0.29, 0.717) is 20.6 Å². The first kappa shape index (κ1) is 13.6. The van der Waals surface area contributed by atoms with Crippen molar-refractivity contribution in [2.45, 2.75) is 9.92 Å². The van der Waals surface area contributed by atoms with Crippen LogP contribution in [-0.4, -0.2) is 9.91 Å². The van der Waals surface area contributed by atoms with Crippen LogP contribution in [0, 0.1) is 10.1 Å². The number of nitro benzene ring substituents is 1. The molecule has 0 unspecified atom stereocenters. The van der Waals surface area contributed by atoms with Crippen LogP contribution in [-0.2, 0) is 0 Å². The van der Waals surface area contributed by atoms with Gasteiger partial charge >= 0.3 is 0 Å². The second kappa shape index (κ2) is 5.87. The highest BCUT2D eigenvalue weighted by atomic mass is 35.5. The number of hydrogen-bond donors (Lipinski definition) is 2. The van der Waals surface area contributed by atoms with Crippen molar-refractivity contribution in [3.63, 3.8) is 0 Å². The van der Waals surface area contributed by atoms with Crippen molar-refractivity contribution in [1.82, 2.24) is 4.98 Å². The van der Waals surface area contributed by atoms with Crippen LogP contribution in [0.15, 0.2) is 46.5 Å². The Labute approximate surface area is 118 Å². The minimum absolute atomic E-state index is 0.0353. The molecule has 0 radical (unpaired) electrons. The van der Waals surface area contributed by atoms with E-state index in [0.717, 1.165) is 0 Å². The minimum atomic E-state index is -0.472. The maximum Gasteiger partial charge on any atom is 0.272 e. The van der Waals surface area contributed by atoms with Crippen molar-refractivity contribution in [2.75, 3.05) is 5.43 Å². The predicted molar refractivity (Wildman–Crippen MR) is 74.3 cm³/mol. The molecule has 0 spiro atoms. The Morgan fingerprint density at radius 2 is 2.16 bits per heavy atom. The smallest absolute Gasteiger partial charge is 0.272 e. The Morgan fingerprint density at radius 1 is 1.37 bits per heavy atom. The zero-order valence-electron chi connectivity index (χ0n) is 9.54. The third-order valence-corrected chi connectivity index (χ3v) is 3.34. The fourth-order valence-corrected chi connectivity index (χ4v) is 2.33. The average Bonchev–Trinajstić information content (AvgIpc) is 2.41. The number of nitrogen functional groups attached to an aromatic ring is 1. The van der Waals surface area contributed by atoms with Crippen LogP contribution in [0.25, 0.3) is 0 Å². The number of nitrogens with one attached hydrogen (secondary N) is 1. The Morgan fingerprint density at radius 3 is 2.74 bits per heavy atom. The number of halogens is 1. The first-order chi connectivity index (χ1) is 9.08. The number of nitrogens with zero attached hydrogens (tertiary/aromatic N) is 2. The minimum Gasteiger partial charge on any atom is -0.324 e. The summed E-state index contributed by atoms with van der Waals surface area (Å²) in [5.74, 6) is 5.29. The van der Waals surface area contributed by atoms with Crippen molar-refractivity contribution in [3.8, 4) is 0 Å². The molecule has 8 heteroatoms. The van der Waals surface area contributed by atoms with Crippen LogP contribution >= 0.6 is 23.4 Å². The summed E-state index contributed by atoms with van der Waals surface area (Å²) in [6.45, 7) is 0. The highest BCUT2D eigenvalue weighted by Crippen LogP contribution is 2.31. The molecule has 1 aromatic carbocycles. The molecule has 0 saturated heterocycles. The lowest BCUT2D eigenvalue weighted by Gasteiger charge is -2.05. The van der Waals surface area contributed by atoms with E-state index in [1.54, 1.807) is 18.2 Å². The van der Waals surface area contributed by atoms with E-state index in [-0.39, 0.29) is 5.69 Å². The van der Waals surface area contributed by atoms with Gasteiger partial charge in [-0.25, -0.2) is 4.98 Å². The first-order valence-electron chi connectivity index (χ1n) is 5.14.